The van der Waals surface area contributed by atoms with Gasteiger partial charge in [-0.3, -0.25) is 0 Å². The summed E-state index contributed by atoms with van der Waals surface area (Å²) in [5, 5.41) is 10.1. The van der Waals surface area contributed by atoms with E-state index >= 15 is 0 Å². The quantitative estimate of drug-likeness (QED) is 0.882. The first-order chi connectivity index (χ1) is 8.53. The first-order valence-corrected chi connectivity index (χ1v) is 7.27. The Labute approximate surface area is 117 Å². The van der Waals surface area contributed by atoms with E-state index in [9.17, 15) is 5.11 Å². The van der Waals surface area contributed by atoms with Crippen molar-refractivity contribution in [3.63, 3.8) is 0 Å². The molecule has 2 rings (SSSR count). The Morgan fingerprint density at radius 1 is 1.39 bits per heavy atom. The lowest BCUT2D eigenvalue weighted by Gasteiger charge is -2.26. The Morgan fingerprint density at radius 2 is 2.17 bits per heavy atom. The molecule has 18 heavy (non-hydrogen) atoms. The molecule has 0 aliphatic carbocycles. The smallest absolute Gasteiger partial charge is 0.0637 e. The Morgan fingerprint density at radius 3 is 2.89 bits per heavy atom. The molecule has 0 bridgehead atoms. The average Bonchev–Trinajstić information content (AvgIpc) is 2.50. The van der Waals surface area contributed by atoms with E-state index in [1.807, 2.05) is 19.1 Å². The van der Waals surface area contributed by atoms with Crippen molar-refractivity contribution in [3.05, 3.63) is 28.2 Å². The zero-order valence-electron chi connectivity index (χ0n) is 10.8. The summed E-state index contributed by atoms with van der Waals surface area (Å²) in [7, 11) is 0. The third kappa shape index (κ3) is 3.05. The molecule has 0 saturated carbocycles. The molecule has 1 heterocycles. The highest BCUT2D eigenvalue weighted by Crippen LogP contribution is 2.31. The predicted octanol–water partition coefficient (Wildman–Crippen LogP) is 2.65. The minimum absolute atomic E-state index is 0.524. The maximum atomic E-state index is 10.1. The Kier molecular flexibility index (Phi) is 4.30. The monoisotopic (exact) mass is 312 g/mol. The van der Waals surface area contributed by atoms with E-state index < -0.39 is 5.60 Å². The first-order valence-electron chi connectivity index (χ1n) is 6.48. The van der Waals surface area contributed by atoms with Gasteiger partial charge >= 0.3 is 0 Å². The minimum Gasteiger partial charge on any atom is -0.390 e. The van der Waals surface area contributed by atoms with E-state index in [0.717, 1.165) is 42.4 Å². The fourth-order valence-electron chi connectivity index (χ4n) is 2.55. The number of rotatable bonds is 2. The highest BCUT2D eigenvalue weighted by Gasteiger charge is 2.25. The third-order valence-corrected chi connectivity index (χ3v) is 4.45. The number of nitrogens with two attached hydrogens (primary N) is 1. The number of halogens is 1. The Balaban J connectivity index is 2.24. The molecule has 1 aromatic carbocycles. The summed E-state index contributed by atoms with van der Waals surface area (Å²) in [6.45, 7) is 4.33. The van der Waals surface area contributed by atoms with Gasteiger partial charge in [0, 0.05) is 35.4 Å². The van der Waals surface area contributed by atoms with Crippen molar-refractivity contribution in [2.45, 2.75) is 38.3 Å². The van der Waals surface area contributed by atoms with E-state index in [0.29, 0.717) is 6.54 Å². The molecule has 100 valence electrons. The van der Waals surface area contributed by atoms with Gasteiger partial charge in [-0.25, -0.2) is 0 Å². The zero-order chi connectivity index (χ0) is 13.2. The third-order valence-electron chi connectivity index (χ3n) is 3.70. The Bertz CT molecular complexity index is 420. The number of aliphatic hydroxyl groups is 1. The van der Waals surface area contributed by atoms with Crippen LogP contribution in [0.1, 0.15) is 31.7 Å². The van der Waals surface area contributed by atoms with Gasteiger partial charge in [0.15, 0.2) is 0 Å². The molecule has 0 spiro atoms. The van der Waals surface area contributed by atoms with Crippen LogP contribution >= 0.6 is 15.9 Å². The molecule has 0 radical (unpaired) electrons. The van der Waals surface area contributed by atoms with Crippen LogP contribution in [0, 0.1) is 0 Å². The molecule has 1 aliphatic rings. The molecular weight excluding hydrogens is 292 g/mol. The standard InChI is InChI=1S/C14H21BrN2O/c1-14(18)6-3-8-17(9-7-14)13-5-2-4-12(15)11(13)10-16/h2,4-5,18H,3,6-10,16H2,1H3. The maximum absolute atomic E-state index is 10.1. The molecule has 1 aromatic rings. The van der Waals surface area contributed by atoms with Crippen molar-refractivity contribution in [2.75, 3.05) is 18.0 Å². The van der Waals surface area contributed by atoms with Crippen LogP contribution in [-0.2, 0) is 6.54 Å². The van der Waals surface area contributed by atoms with Gasteiger partial charge in [0.1, 0.15) is 0 Å². The summed E-state index contributed by atoms with van der Waals surface area (Å²) in [5.74, 6) is 0. The van der Waals surface area contributed by atoms with Gasteiger partial charge in [0.05, 0.1) is 5.60 Å². The molecule has 3 nitrogen and oxygen atoms in total. The molecule has 3 N–H and O–H groups in total. The van der Waals surface area contributed by atoms with Crippen LogP contribution in [0.5, 0.6) is 0 Å². The fourth-order valence-corrected chi connectivity index (χ4v) is 3.07. The second-order valence-corrected chi connectivity index (χ2v) is 6.13. The van der Waals surface area contributed by atoms with Gasteiger partial charge in [0.25, 0.3) is 0 Å². The van der Waals surface area contributed by atoms with E-state index in [-0.39, 0.29) is 0 Å². The normalized spacial score (nSPS) is 25.0. The summed E-state index contributed by atoms with van der Waals surface area (Å²) in [4.78, 5) is 2.34. The van der Waals surface area contributed by atoms with Crippen molar-refractivity contribution in [1.82, 2.24) is 0 Å². The summed E-state index contributed by atoms with van der Waals surface area (Å²) in [6.07, 6.45) is 2.70. The predicted molar refractivity (Wildman–Crippen MR) is 78.7 cm³/mol. The van der Waals surface area contributed by atoms with Crippen molar-refractivity contribution in [3.8, 4) is 0 Å². The van der Waals surface area contributed by atoms with E-state index in [1.54, 1.807) is 0 Å². The van der Waals surface area contributed by atoms with Gasteiger partial charge in [0.2, 0.25) is 0 Å². The summed E-state index contributed by atoms with van der Waals surface area (Å²) in [5.41, 5.74) is 7.67. The van der Waals surface area contributed by atoms with Crippen LogP contribution in [-0.4, -0.2) is 23.8 Å². The molecule has 1 unspecified atom stereocenters. The SMILES string of the molecule is CC1(O)CCCN(c2cccc(Br)c2CN)CC1. The fraction of sp³-hybridized carbons (Fsp3) is 0.571. The number of benzene rings is 1. The lowest BCUT2D eigenvalue weighted by atomic mass is 9.98. The van der Waals surface area contributed by atoms with Crippen molar-refractivity contribution in [2.24, 2.45) is 5.73 Å². The van der Waals surface area contributed by atoms with E-state index in [1.165, 1.54) is 5.69 Å². The van der Waals surface area contributed by atoms with Gasteiger partial charge in [-0.1, -0.05) is 22.0 Å². The van der Waals surface area contributed by atoms with Crippen molar-refractivity contribution >= 4 is 21.6 Å². The van der Waals surface area contributed by atoms with Crippen LogP contribution in [0.3, 0.4) is 0 Å². The number of nitrogens with zero attached hydrogens (tertiary/aromatic N) is 1. The molecule has 0 amide bonds. The van der Waals surface area contributed by atoms with Gasteiger partial charge in [-0.05, 0) is 38.3 Å². The molecule has 1 atom stereocenters. The molecule has 4 heteroatoms. The first kappa shape index (κ1) is 13.8. The molecule has 1 fully saturated rings. The lowest BCUT2D eigenvalue weighted by Crippen LogP contribution is -2.29. The van der Waals surface area contributed by atoms with Crippen LogP contribution < -0.4 is 10.6 Å². The molecule has 1 saturated heterocycles. The van der Waals surface area contributed by atoms with Crippen LogP contribution in [0.15, 0.2) is 22.7 Å². The molecule has 1 aliphatic heterocycles. The summed E-state index contributed by atoms with van der Waals surface area (Å²) >= 11 is 3.56. The zero-order valence-corrected chi connectivity index (χ0v) is 12.4. The number of anilines is 1. The minimum atomic E-state index is -0.524. The maximum Gasteiger partial charge on any atom is 0.0637 e. The van der Waals surface area contributed by atoms with E-state index in [2.05, 4.69) is 26.9 Å². The van der Waals surface area contributed by atoms with Gasteiger partial charge < -0.3 is 15.7 Å². The van der Waals surface area contributed by atoms with Crippen molar-refractivity contribution < 1.29 is 5.11 Å². The van der Waals surface area contributed by atoms with Gasteiger partial charge in [-0.2, -0.15) is 0 Å². The van der Waals surface area contributed by atoms with Crippen LogP contribution in [0.4, 0.5) is 5.69 Å². The second-order valence-electron chi connectivity index (χ2n) is 5.28. The van der Waals surface area contributed by atoms with Crippen LogP contribution in [0.25, 0.3) is 0 Å². The van der Waals surface area contributed by atoms with Gasteiger partial charge in [-0.15, -0.1) is 0 Å². The number of hydrogen-bond donors (Lipinski definition) is 2. The lowest BCUT2D eigenvalue weighted by molar-refractivity contribution is 0.0481. The second kappa shape index (κ2) is 5.59. The summed E-state index contributed by atoms with van der Waals surface area (Å²) in [6, 6.07) is 6.19. The summed E-state index contributed by atoms with van der Waals surface area (Å²) < 4.78 is 1.07. The van der Waals surface area contributed by atoms with Crippen molar-refractivity contribution in [1.29, 1.82) is 0 Å². The highest BCUT2D eigenvalue weighted by molar-refractivity contribution is 9.10. The average molecular weight is 313 g/mol. The number of hydrogen-bond acceptors (Lipinski definition) is 3. The van der Waals surface area contributed by atoms with E-state index in [4.69, 9.17) is 5.73 Å². The molecule has 0 aromatic heterocycles. The van der Waals surface area contributed by atoms with Crippen LogP contribution in [0.2, 0.25) is 0 Å². The largest absolute Gasteiger partial charge is 0.390 e. The molecular formula is C14H21BrN2O. The highest BCUT2D eigenvalue weighted by atomic mass is 79.9. The Hall–Kier alpha value is -0.580. The topological polar surface area (TPSA) is 49.5 Å².